The van der Waals surface area contributed by atoms with Crippen LogP contribution < -0.4 is 0 Å². The van der Waals surface area contributed by atoms with Crippen LogP contribution in [0.2, 0.25) is 0 Å². The zero-order valence-electron chi connectivity index (χ0n) is 8.25. The summed E-state index contributed by atoms with van der Waals surface area (Å²) >= 11 is 1.61. The molecule has 0 spiro atoms. The second kappa shape index (κ2) is 4.23. The number of allylic oxidation sites excluding steroid dienone is 1. The van der Waals surface area contributed by atoms with E-state index < -0.39 is 0 Å². The van der Waals surface area contributed by atoms with Crippen LogP contribution in [0.15, 0.2) is 36.0 Å². The Morgan fingerprint density at radius 2 is 2.47 bits per heavy atom. The monoisotopic (exact) mass is 218 g/mol. The summed E-state index contributed by atoms with van der Waals surface area (Å²) in [6.45, 7) is 0. The number of ketones is 1. The minimum absolute atomic E-state index is 0.0171. The molecule has 0 radical (unpaired) electrons. The van der Waals surface area contributed by atoms with E-state index in [2.05, 4.69) is 5.10 Å². The van der Waals surface area contributed by atoms with Gasteiger partial charge in [-0.3, -0.25) is 9.48 Å². The molecular weight excluding hydrogens is 208 g/mol. The molecule has 0 bridgehead atoms. The molecule has 0 fully saturated rings. The maximum Gasteiger partial charge on any atom is 0.189 e. The van der Waals surface area contributed by atoms with Crippen molar-refractivity contribution < 1.29 is 4.79 Å². The van der Waals surface area contributed by atoms with Crippen molar-refractivity contribution in [3.05, 3.63) is 46.4 Å². The summed E-state index contributed by atoms with van der Waals surface area (Å²) in [4.78, 5) is 12.7. The average Bonchev–Trinajstić information content (AvgIpc) is 2.84. The Morgan fingerprint density at radius 1 is 1.60 bits per heavy atom. The van der Waals surface area contributed by atoms with Crippen molar-refractivity contribution in [3.63, 3.8) is 0 Å². The molecule has 15 heavy (non-hydrogen) atoms. The third-order valence-electron chi connectivity index (χ3n) is 1.93. The largest absolute Gasteiger partial charge is 0.289 e. The first kappa shape index (κ1) is 9.86. The maximum atomic E-state index is 11.6. The van der Waals surface area contributed by atoms with Crippen LogP contribution in [0.5, 0.6) is 0 Å². The van der Waals surface area contributed by atoms with Crippen molar-refractivity contribution in [2.24, 2.45) is 7.05 Å². The van der Waals surface area contributed by atoms with Crippen LogP contribution in [0.4, 0.5) is 0 Å². The number of aromatic nitrogens is 2. The quantitative estimate of drug-likeness (QED) is 0.585. The maximum absolute atomic E-state index is 11.6. The number of hydrogen-bond acceptors (Lipinski definition) is 3. The standard InChI is InChI=1S/C11H10N2OS/c1-13-8-9(7-12-13)11(14)5-4-10-3-2-6-15-10/h2-8H,1H3/b5-4-. The number of carbonyl (C=O) groups is 1. The molecule has 0 unspecified atom stereocenters. The smallest absolute Gasteiger partial charge is 0.189 e. The predicted octanol–water partition coefficient (Wildman–Crippen LogP) is 2.38. The normalized spacial score (nSPS) is 11.0. The Balaban J connectivity index is 2.10. The van der Waals surface area contributed by atoms with Gasteiger partial charge >= 0.3 is 0 Å². The minimum atomic E-state index is -0.0171. The Labute approximate surface area is 91.7 Å². The fraction of sp³-hybridized carbons (Fsp3) is 0.0909. The first-order valence-electron chi connectivity index (χ1n) is 4.50. The average molecular weight is 218 g/mol. The highest BCUT2D eigenvalue weighted by Gasteiger charge is 2.03. The molecule has 0 amide bonds. The second-order valence-electron chi connectivity index (χ2n) is 3.12. The lowest BCUT2D eigenvalue weighted by molar-refractivity contribution is 0.104. The molecule has 0 saturated heterocycles. The SMILES string of the molecule is Cn1cc(C(=O)/C=C\c2cccs2)cn1. The van der Waals surface area contributed by atoms with Gasteiger partial charge in [0.1, 0.15) is 0 Å². The number of nitrogens with zero attached hydrogens (tertiary/aromatic N) is 2. The molecule has 3 nitrogen and oxygen atoms in total. The van der Waals surface area contributed by atoms with Gasteiger partial charge in [0.25, 0.3) is 0 Å². The zero-order valence-corrected chi connectivity index (χ0v) is 9.07. The Morgan fingerprint density at radius 3 is 3.07 bits per heavy atom. The fourth-order valence-electron chi connectivity index (χ4n) is 1.19. The molecule has 0 atom stereocenters. The lowest BCUT2D eigenvalue weighted by atomic mass is 10.2. The van der Waals surface area contributed by atoms with Gasteiger partial charge in [-0.1, -0.05) is 6.07 Å². The van der Waals surface area contributed by atoms with Crippen LogP contribution in [-0.4, -0.2) is 15.6 Å². The molecule has 2 aromatic heterocycles. The van der Waals surface area contributed by atoms with Gasteiger partial charge in [0, 0.05) is 18.1 Å². The van der Waals surface area contributed by atoms with Crippen molar-refractivity contribution in [3.8, 4) is 0 Å². The van der Waals surface area contributed by atoms with Crippen molar-refractivity contribution in [2.45, 2.75) is 0 Å². The number of aryl methyl sites for hydroxylation is 1. The summed E-state index contributed by atoms with van der Waals surface area (Å²) in [6.07, 6.45) is 6.67. The molecule has 0 aliphatic heterocycles. The van der Waals surface area contributed by atoms with Crippen LogP contribution in [-0.2, 0) is 7.05 Å². The van der Waals surface area contributed by atoms with Crippen LogP contribution in [0.3, 0.4) is 0 Å². The van der Waals surface area contributed by atoms with E-state index >= 15 is 0 Å². The third-order valence-corrected chi connectivity index (χ3v) is 2.77. The summed E-state index contributed by atoms with van der Waals surface area (Å²) in [6, 6.07) is 3.93. The highest BCUT2D eigenvalue weighted by atomic mass is 32.1. The Hall–Kier alpha value is -1.68. The van der Waals surface area contributed by atoms with Gasteiger partial charge in [-0.15, -0.1) is 11.3 Å². The van der Waals surface area contributed by atoms with Crippen LogP contribution in [0.25, 0.3) is 6.08 Å². The molecule has 2 heterocycles. The number of carbonyl (C=O) groups excluding carboxylic acids is 1. The van der Waals surface area contributed by atoms with E-state index in [0.29, 0.717) is 5.56 Å². The summed E-state index contributed by atoms with van der Waals surface area (Å²) in [5, 5.41) is 5.93. The first-order chi connectivity index (χ1) is 7.25. The predicted molar refractivity (Wildman–Crippen MR) is 60.9 cm³/mol. The van der Waals surface area contributed by atoms with Crippen molar-refractivity contribution in [2.75, 3.05) is 0 Å². The molecule has 0 aliphatic carbocycles. The van der Waals surface area contributed by atoms with E-state index in [1.807, 2.05) is 23.6 Å². The number of rotatable bonds is 3. The van der Waals surface area contributed by atoms with E-state index in [0.717, 1.165) is 4.88 Å². The topological polar surface area (TPSA) is 34.9 Å². The molecule has 0 aromatic carbocycles. The van der Waals surface area contributed by atoms with Gasteiger partial charge in [-0.2, -0.15) is 5.10 Å². The van der Waals surface area contributed by atoms with Gasteiger partial charge in [0.2, 0.25) is 0 Å². The molecule has 0 N–H and O–H groups in total. The van der Waals surface area contributed by atoms with E-state index in [-0.39, 0.29) is 5.78 Å². The van der Waals surface area contributed by atoms with E-state index in [9.17, 15) is 4.79 Å². The van der Waals surface area contributed by atoms with E-state index in [1.165, 1.54) is 0 Å². The summed E-state index contributed by atoms with van der Waals surface area (Å²) in [5.41, 5.74) is 0.616. The molecular formula is C11H10N2OS. The number of hydrogen-bond donors (Lipinski definition) is 0. The fourth-order valence-corrected chi connectivity index (χ4v) is 1.81. The minimum Gasteiger partial charge on any atom is -0.289 e. The summed E-state index contributed by atoms with van der Waals surface area (Å²) in [5.74, 6) is -0.0171. The first-order valence-corrected chi connectivity index (χ1v) is 5.38. The van der Waals surface area contributed by atoms with Crippen molar-refractivity contribution >= 4 is 23.2 Å². The molecule has 0 saturated carbocycles. The highest BCUT2D eigenvalue weighted by Crippen LogP contribution is 2.11. The van der Waals surface area contributed by atoms with Crippen LogP contribution in [0.1, 0.15) is 15.2 Å². The van der Waals surface area contributed by atoms with Gasteiger partial charge in [-0.05, 0) is 23.6 Å². The lowest BCUT2D eigenvalue weighted by Gasteiger charge is -1.87. The van der Waals surface area contributed by atoms with Crippen molar-refractivity contribution in [1.82, 2.24) is 9.78 Å². The third kappa shape index (κ3) is 2.41. The molecule has 2 aromatic rings. The van der Waals surface area contributed by atoms with Gasteiger partial charge in [0.05, 0.1) is 11.8 Å². The van der Waals surface area contributed by atoms with Gasteiger partial charge in [-0.25, -0.2) is 0 Å². The lowest BCUT2D eigenvalue weighted by Crippen LogP contribution is -1.91. The molecule has 4 heteroatoms. The molecule has 2 rings (SSSR count). The van der Waals surface area contributed by atoms with E-state index in [1.54, 1.807) is 41.5 Å². The highest BCUT2D eigenvalue weighted by molar-refractivity contribution is 7.10. The number of thiophene rings is 1. The zero-order chi connectivity index (χ0) is 10.7. The summed E-state index contributed by atoms with van der Waals surface area (Å²) < 4.78 is 1.62. The van der Waals surface area contributed by atoms with Gasteiger partial charge < -0.3 is 0 Å². The van der Waals surface area contributed by atoms with Crippen molar-refractivity contribution in [1.29, 1.82) is 0 Å². The Kier molecular flexibility index (Phi) is 2.78. The van der Waals surface area contributed by atoms with Crippen LogP contribution >= 0.6 is 11.3 Å². The molecule has 0 aliphatic rings. The summed E-state index contributed by atoms with van der Waals surface area (Å²) in [7, 11) is 1.79. The van der Waals surface area contributed by atoms with E-state index in [4.69, 9.17) is 0 Å². The second-order valence-corrected chi connectivity index (χ2v) is 4.09. The van der Waals surface area contributed by atoms with Gasteiger partial charge in [0.15, 0.2) is 5.78 Å². The van der Waals surface area contributed by atoms with Crippen LogP contribution in [0, 0.1) is 0 Å². The Bertz CT molecular complexity index is 482. The molecule has 76 valence electrons.